The molecule has 11 aliphatic carbocycles. The summed E-state index contributed by atoms with van der Waals surface area (Å²) in [5.74, 6) is 5.09. The van der Waals surface area contributed by atoms with Crippen molar-refractivity contribution in [1.82, 2.24) is 0 Å². The van der Waals surface area contributed by atoms with Crippen LogP contribution in [-0.2, 0) is 0 Å². The number of para-hydroxylation sites is 2. The van der Waals surface area contributed by atoms with Gasteiger partial charge in [-0.2, -0.15) is 0 Å². The Bertz CT molecular complexity index is 3070. The fourth-order valence-electron chi connectivity index (χ4n) is 14.0. The van der Waals surface area contributed by atoms with E-state index in [1.54, 1.807) is 5.70 Å². The summed E-state index contributed by atoms with van der Waals surface area (Å²) in [6.45, 7) is 6.85. The minimum Gasteiger partial charge on any atom is -0.356 e. The molecule has 3 nitrogen and oxygen atoms in total. The standard InChI is InChI=1S/C61H59N3.C8H10/c1-2-3-4-5-14-31-63(58-36-45-34-55(45)44-32-46(58)33-44)53-26-22-42(23-27-53)47-35-56(43-20-24-52(25-21-43)62-51-16-8-6-9-17-51)57-41-59(57,38-47)48-28-30-61(40-50(61)37-48)64(54-18-10-7-11-19-54)60-29-13-12-15-49(60)39-60;1-8-6-4-2-3-5-7-8/h2-11,13-14,16-30,35-38,44-46,49-50,55,57,62H,1,12,15,31-34,39-41H2;2-4,6-7H,5H2,1H3/b4-3-,14-5-;. The van der Waals surface area contributed by atoms with Gasteiger partial charge in [0.1, 0.15) is 0 Å². The molecule has 0 heterocycles. The number of hydrogen-bond donors (Lipinski definition) is 1. The number of nitrogens with one attached hydrogen (secondary N) is 1. The summed E-state index contributed by atoms with van der Waals surface area (Å²) in [4.78, 5) is 5.49. The molecule has 1 N–H and O–H groups in total. The Morgan fingerprint density at radius 1 is 0.722 bits per heavy atom. The highest BCUT2D eigenvalue weighted by Crippen LogP contribution is 2.71. The average Bonchev–Trinajstić information content (AvgIpc) is 4.21. The average molecular weight is 940 g/mol. The Balaban J connectivity index is 0.000000577. The van der Waals surface area contributed by atoms with Crippen molar-refractivity contribution in [1.29, 1.82) is 0 Å². The predicted octanol–water partition coefficient (Wildman–Crippen LogP) is 16.9. The second-order valence-electron chi connectivity index (χ2n) is 22.6. The zero-order valence-electron chi connectivity index (χ0n) is 42.0. The van der Waals surface area contributed by atoms with Crippen molar-refractivity contribution in [3.63, 3.8) is 0 Å². The van der Waals surface area contributed by atoms with Crippen molar-refractivity contribution in [2.45, 2.75) is 75.8 Å². The van der Waals surface area contributed by atoms with Gasteiger partial charge in [-0.1, -0.05) is 182 Å². The summed E-state index contributed by atoms with van der Waals surface area (Å²) >= 11 is 0. The maximum Gasteiger partial charge on any atom is 0.0667 e. The zero-order chi connectivity index (χ0) is 48.3. The molecule has 11 aliphatic rings. The number of allylic oxidation sites excluding steroid dienone is 19. The summed E-state index contributed by atoms with van der Waals surface area (Å²) in [5.41, 5.74) is 15.0. The Morgan fingerprint density at radius 2 is 1.51 bits per heavy atom. The van der Waals surface area contributed by atoms with E-state index in [-0.39, 0.29) is 16.5 Å². The molecule has 8 atom stereocenters. The van der Waals surface area contributed by atoms with E-state index in [1.165, 1.54) is 89.7 Å². The number of rotatable bonds is 14. The second kappa shape index (κ2) is 18.3. The Morgan fingerprint density at radius 3 is 2.31 bits per heavy atom. The van der Waals surface area contributed by atoms with Crippen LogP contribution in [0, 0.1) is 46.8 Å². The first-order valence-corrected chi connectivity index (χ1v) is 27.3. The van der Waals surface area contributed by atoms with Crippen LogP contribution in [0.1, 0.15) is 75.8 Å². The van der Waals surface area contributed by atoms with Crippen molar-refractivity contribution >= 4 is 33.9 Å². The van der Waals surface area contributed by atoms with E-state index in [2.05, 4.69) is 235 Å². The first-order valence-electron chi connectivity index (χ1n) is 27.3. The smallest absolute Gasteiger partial charge is 0.0667 e. The summed E-state index contributed by atoms with van der Waals surface area (Å²) in [7, 11) is 0. The predicted molar refractivity (Wildman–Crippen MR) is 304 cm³/mol. The lowest BCUT2D eigenvalue weighted by atomic mass is 9.71. The zero-order valence-corrected chi connectivity index (χ0v) is 42.0. The van der Waals surface area contributed by atoms with Crippen molar-refractivity contribution in [2.75, 3.05) is 21.7 Å². The molecule has 72 heavy (non-hydrogen) atoms. The van der Waals surface area contributed by atoms with Crippen LogP contribution in [0.3, 0.4) is 0 Å². The van der Waals surface area contributed by atoms with Gasteiger partial charge in [0, 0.05) is 46.3 Å². The minimum absolute atomic E-state index is 0.00443. The van der Waals surface area contributed by atoms with Gasteiger partial charge >= 0.3 is 0 Å². The summed E-state index contributed by atoms with van der Waals surface area (Å²) in [6, 6.07) is 40.7. The van der Waals surface area contributed by atoms with Crippen LogP contribution in [0.5, 0.6) is 0 Å². The molecule has 0 spiro atoms. The van der Waals surface area contributed by atoms with Crippen LogP contribution in [0.25, 0.3) is 11.1 Å². The molecule has 3 heteroatoms. The lowest BCUT2D eigenvalue weighted by Crippen LogP contribution is -2.48. The van der Waals surface area contributed by atoms with Crippen molar-refractivity contribution in [3.05, 3.63) is 253 Å². The van der Waals surface area contributed by atoms with Crippen LogP contribution in [0.15, 0.2) is 242 Å². The summed E-state index contributed by atoms with van der Waals surface area (Å²) in [6.07, 6.45) is 53.2. The van der Waals surface area contributed by atoms with E-state index < -0.39 is 0 Å². The molecule has 2 bridgehead atoms. The highest BCUT2D eigenvalue weighted by Gasteiger charge is 2.69. The molecule has 4 aromatic carbocycles. The second-order valence-corrected chi connectivity index (χ2v) is 22.6. The topological polar surface area (TPSA) is 18.5 Å². The third-order valence-corrected chi connectivity index (χ3v) is 18.2. The number of benzene rings is 4. The SMILES string of the molecule is C=C/C=C\C=C/CN(C1=CC2CC2C2CC1C2)c1ccc(C2=CC3(C4=CC5CC5(N(c5ccccc5)C56C=CCCC5C6)C=C4)CC3C(c3ccc(Nc4ccccc4)cc3)=C2)cc1.CC1=CCC=CC=C1. The van der Waals surface area contributed by atoms with Gasteiger partial charge in [-0.25, -0.2) is 0 Å². The molecule has 0 aliphatic heterocycles. The third kappa shape index (κ3) is 8.33. The fourth-order valence-corrected chi connectivity index (χ4v) is 14.0. The van der Waals surface area contributed by atoms with Gasteiger partial charge in [-0.05, 0) is 177 Å². The van der Waals surface area contributed by atoms with Crippen LogP contribution in [0.4, 0.5) is 22.7 Å². The molecule has 8 unspecified atom stereocenters. The monoisotopic (exact) mass is 940 g/mol. The van der Waals surface area contributed by atoms with Crippen LogP contribution in [0.2, 0.25) is 0 Å². The lowest BCUT2D eigenvalue weighted by Gasteiger charge is -2.42. The number of nitrogens with zero attached hydrogens (tertiary/aromatic N) is 2. The van der Waals surface area contributed by atoms with E-state index in [0.717, 1.165) is 54.4 Å². The molecular formula is C69H69N3. The number of fused-ring (bicyclic) bond motifs is 3. The molecule has 0 saturated heterocycles. The largest absolute Gasteiger partial charge is 0.356 e. The molecule has 360 valence electrons. The minimum atomic E-state index is -0.00443. The fraction of sp³-hybridized carbons (Fsp3) is 0.304. The lowest BCUT2D eigenvalue weighted by molar-refractivity contribution is 0.200. The number of hydrogen-bond acceptors (Lipinski definition) is 3. The van der Waals surface area contributed by atoms with Gasteiger partial charge in [-0.15, -0.1) is 0 Å². The Hall–Kier alpha value is -6.84. The molecule has 5 saturated carbocycles. The maximum atomic E-state index is 3.86. The van der Waals surface area contributed by atoms with Crippen LogP contribution < -0.4 is 15.1 Å². The highest BCUT2D eigenvalue weighted by molar-refractivity contribution is 5.91. The molecule has 5 fully saturated rings. The molecular weight excluding hydrogens is 871 g/mol. The maximum absolute atomic E-state index is 3.86. The van der Waals surface area contributed by atoms with E-state index in [9.17, 15) is 0 Å². The van der Waals surface area contributed by atoms with Gasteiger partial charge in [0.2, 0.25) is 0 Å². The van der Waals surface area contributed by atoms with Gasteiger partial charge in [-0.3, -0.25) is 0 Å². The highest BCUT2D eigenvalue weighted by atomic mass is 15.3. The van der Waals surface area contributed by atoms with Gasteiger partial charge < -0.3 is 15.1 Å². The number of anilines is 4. The molecule has 0 amide bonds. The van der Waals surface area contributed by atoms with E-state index >= 15 is 0 Å². The van der Waals surface area contributed by atoms with Crippen LogP contribution in [-0.4, -0.2) is 17.6 Å². The van der Waals surface area contributed by atoms with Crippen LogP contribution >= 0.6 is 0 Å². The van der Waals surface area contributed by atoms with Gasteiger partial charge in [0.15, 0.2) is 0 Å². The van der Waals surface area contributed by atoms with Crippen molar-refractivity contribution in [3.8, 4) is 0 Å². The van der Waals surface area contributed by atoms with E-state index in [4.69, 9.17) is 0 Å². The first-order chi connectivity index (χ1) is 35.4. The normalized spacial score (nSPS) is 32.2. The molecule has 0 radical (unpaired) electrons. The Kier molecular flexibility index (Phi) is 11.5. The molecule has 0 aromatic heterocycles. The van der Waals surface area contributed by atoms with Gasteiger partial charge in [0.05, 0.1) is 11.1 Å². The van der Waals surface area contributed by atoms with E-state index in [1.807, 2.05) is 12.2 Å². The summed E-state index contributed by atoms with van der Waals surface area (Å²) in [5, 5.41) is 3.61. The van der Waals surface area contributed by atoms with Crippen molar-refractivity contribution in [2.24, 2.45) is 46.8 Å². The quantitative estimate of drug-likeness (QED) is 0.100. The molecule has 4 aromatic rings. The first kappa shape index (κ1) is 45.1. The summed E-state index contributed by atoms with van der Waals surface area (Å²) < 4.78 is 0. The Labute approximate surface area is 429 Å². The third-order valence-electron chi connectivity index (χ3n) is 18.2. The van der Waals surface area contributed by atoms with Crippen molar-refractivity contribution < 1.29 is 0 Å². The molecule has 15 rings (SSSR count). The van der Waals surface area contributed by atoms with E-state index in [0.29, 0.717) is 17.8 Å². The van der Waals surface area contributed by atoms with Gasteiger partial charge in [0.25, 0.3) is 0 Å².